The maximum atomic E-state index is 11.4. The molecule has 6 nitrogen and oxygen atoms in total. The van der Waals surface area contributed by atoms with Crippen LogP contribution >= 0.6 is 35.3 Å². The first kappa shape index (κ1) is 22.0. The Morgan fingerprint density at radius 2 is 2.08 bits per heavy atom. The molecule has 25 heavy (non-hydrogen) atoms. The summed E-state index contributed by atoms with van der Waals surface area (Å²) in [7, 11) is 0. The lowest BCUT2D eigenvalue weighted by Crippen LogP contribution is -2.52. The van der Waals surface area contributed by atoms with Gasteiger partial charge in [-0.1, -0.05) is 0 Å². The van der Waals surface area contributed by atoms with Gasteiger partial charge in [-0.05, 0) is 37.8 Å². The Balaban J connectivity index is 0.00000312. The van der Waals surface area contributed by atoms with Crippen molar-refractivity contribution in [2.45, 2.75) is 26.7 Å². The number of anilines is 1. The molecule has 1 aliphatic rings. The van der Waals surface area contributed by atoms with Crippen LogP contribution in [0.25, 0.3) is 0 Å². The molecule has 0 spiro atoms. The highest BCUT2D eigenvalue weighted by atomic mass is 127. The molecule has 2 heterocycles. The Hall–Kier alpha value is -1.03. The second-order valence-electron chi connectivity index (χ2n) is 5.57. The number of aliphatic imine (C=N–C) groups is 1. The number of nitrogens with one attached hydrogen (secondary N) is 1. The van der Waals surface area contributed by atoms with E-state index in [0.29, 0.717) is 19.6 Å². The molecule has 2 rings (SSSR count). The minimum Gasteiger partial charge on any atom is -0.466 e. The molecule has 142 valence electrons. The first-order valence-electron chi connectivity index (χ1n) is 8.72. The van der Waals surface area contributed by atoms with Gasteiger partial charge in [-0.15, -0.1) is 35.3 Å². The zero-order valence-electron chi connectivity index (χ0n) is 15.1. The first-order chi connectivity index (χ1) is 11.7. The van der Waals surface area contributed by atoms with Crippen LogP contribution in [-0.2, 0) is 9.53 Å². The van der Waals surface area contributed by atoms with Crippen LogP contribution in [0.1, 0.15) is 26.7 Å². The van der Waals surface area contributed by atoms with Crippen molar-refractivity contribution in [1.29, 1.82) is 0 Å². The number of piperazine rings is 1. The molecule has 0 radical (unpaired) electrons. The lowest BCUT2D eigenvalue weighted by molar-refractivity contribution is -0.143. The molecule has 0 amide bonds. The van der Waals surface area contributed by atoms with Crippen LogP contribution in [0.15, 0.2) is 22.5 Å². The van der Waals surface area contributed by atoms with E-state index in [1.54, 1.807) is 11.3 Å². The largest absolute Gasteiger partial charge is 0.466 e. The summed E-state index contributed by atoms with van der Waals surface area (Å²) in [6.07, 6.45) is 1.16. The topological polar surface area (TPSA) is 57.2 Å². The van der Waals surface area contributed by atoms with Crippen LogP contribution in [-0.4, -0.2) is 62.7 Å². The zero-order chi connectivity index (χ0) is 17.2. The second-order valence-corrected chi connectivity index (χ2v) is 6.50. The summed E-state index contributed by atoms with van der Waals surface area (Å²) in [6.45, 7) is 9.78. The highest BCUT2D eigenvalue weighted by Crippen LogP contribution is 2.22. The van der Waals surface area contributed by atoms with Crippen LogP contribution in [0, 0.1) is 0 Å². The average molecular weight is 480 g/mol. The van der Waals surface area contributed by atoms with Crippen LogP contribution in [0.4, 0.5) is 5.00 Å². The number of rotatable bonds is 7. The molecule has 1 aromatic heterocycles. The Morgan fingerprint density at radius 1 is 1.32 bits per heavy atom. The predicted octanol–water partition coefficient (Wildman–Crippen LogP) is 2.80. The Morgan fingerprint density at radius 3 is 2.68 bits per heavy atom. The van der Waals surface area contributed by atoms with E-state index in [1.165, 1.54) is 5.00 Å². The number of carbonyl (C=O) groups excluding carboxylic acids is 1. The van der Waals surface area contributed by atoms with E-state index in [2.05, 4.69) is 44.5 Å². The van der Waals surface area contributed by atoms with Gasteiger partial charge in [-0.2, -0.15) is 0 Å². The van der Waals surface area contributed by atoms with Gasteiger partial charge in [0, 0.05) is 45.7 Å². The average Bonchev–Trinajstić information content (AvgIpc) is 3.13. The van der Waals surface area contributed by atoms with Crippen LogP contribution in [0.3, 0.4) is 0 Å². The Kier molecular flexibility index (Phi) is 10.9. The van der Waals surface area contributed by atoms with Crippen molar-refractivity contribution >= 4 is 52.2 Å². The minimum absolute atomic E-state index is 0. The summed E-state index contributed by atoms with van der Waals surface area (Å²) in [6, 6.07) is 4.27. The molecule has 1 aliphatic heterocycles. The number of thiophene rings is 1. The molecule has 1 aromatic rings. The van der Waals surface area contributed by atoms with Crippen molar-refractivity contribution in [2.75, 3.05) is 50.8 Å². The highest BCUT2D eigenvalue weighted by Gasteiger charge is 2.20. The number of carbonyl (C=O) groups is 1. The third-order valence-corrected chi connectivity index (χ3v) is 4.77. The molecule has 1 N–H and O–H groups in total. The molecular formula is C17H29IN4O2S. The smallest absolute Gasteiger partial charge is 0.305 e. The Labute approximate surface area is 171 Å². The number of hydrogen-bond acceptors (Lipinski definition) is 5. The maximum absolute atomic E-state index is 11.4. The summed E-state index contributed by atoms with van der Waals surface area (Å²) < 4.78 is 4.94. The van der Waals surface area contributed by atoms with Crippen molar-refractivity contribution < 1.29 is 9.53 Å². The quantitative estimate of drug-likeness (QED) is 0.214. The number of esters is 1. The van der Waals surface area contributed by atoms with Crippen LogP contribution in [0.2, 0.25) is 0 Å². The van der Waals surface area contributed by atoms with E-state index in [4.69, 9.17) is 4.74 Å². The SMILES string of the molecule is CCNC(=NCCCC(=O)OCC)N1CCN(c2cccs2)CC1.I. The molecule has 0 bridgehead atoms. The molecule has 1 fully saturated rings. The van der Waals surface area contributed by atoms with Crippen LogP contribution < -0.4 is 10.2 Å². The van der Waals surface area contributed by atoms with Crippen LogP contribution in [0.5, 0.6) is 0 Å². The van der Waals surface area contributed by atoms with Gasteiger partial charge in [-0.25, -0.2) is 0 Å². The van der Waals surface area contributed by atoms with Crippen molar-refractivity contribution in [3.63, 3.8) is 0 Å². The van der Waals surface area contributed by atoms with E-state index < -0.39 is 0 Å². The van der Waals surface area contributed by atoms with Gasteiger partial charge >= 0.3 is 5.97 Å². The fourth-order valence-electron chi connectivity index (χ4n) is 2.66. The van der Waals surface area contributed by atoms with Gasteiger partial charge in [-0.3, -0.25) is 9.79 Å². The summed E-state index contributed by atoms with van der Waals surface area (Å²) in [5, 5.41) is 6.82. The third kappa shape index (κ3) is 7.39. The maximum Gasteiger partial charge on any atom is 0.305 e. The van der Waals surface area contributed by atoms with Gasteiger partial charge < -0.3 is 19.9 Å². The lowest BCUT2D eigenvalue weighted by atomic mass is 10.3. The zero-order valence-corrected chi connectivity index (χ0v) is 18.2. The predicted molar refractivity (Wildman–Crippen MR) is 115 cm³/mol. The number of ether oxygens (including phenoxy) is 1. The normalized spacial score (nSPS) is 14.9. The van der Waals surface area contributed by atoms with E-state index in [-0.39, 0.29) is 29.9 Å². The summed E-state index contributed by atoms with van der Waals surface area (Å²) >= 11 is 1.79. The van der Waals surface area contributed by atoms with E-state index in [0.717, 1.165) is 45.1 Å². The summed E-state index contributed by atoms with van der Waals surface area (Å²) in [4.78, 5) is 20.8. The highest BCUT2D eigenvalue weighted by molar-refractivity contribution is 14.0. The van der Waals surface area contributed by atoms with Crippen molar-refractivity contribution in [3.05, 3.63) is 17.5 Å². The van der Waals surface area contributed by atoms with Crippen molar-refractivity contribution in [2.24, 2.45) is 4.99 Å². The van der Waals surface area contributed by atoms with Gasteiger partial charge in [0.1, 0.15) is 0 Å². The third-order valence-electron chi connectivity index (χ3n) is 3.84. The van der Waals surface area contributed by atoms with E-state index in [1.807, 2.05) is 6.92 Å². The van der Waals surface area contributed by atoms with Gasteiger partial charge in [0.25, 0.3) is 0 Å². The number of hydrogen-bond donors (Lipinski definition) is 1. The number of halogens is 1. The van der Waals surface area contributed by atoms with Gasteiger partial charge in [0.15, 0.2) is 5.96 Å². The Bertz CT molecular complexity index is 517. The van der Waals surface area contributed by atoms with Crippen molar-refractivity contribution in [1.82, 2.24) is 10.2 Å². The summed E-state index contributed by atoms with van der Waals surface area (Å²) in [5.41, 5.74) is 0. The number of nitrogens with zero attached hydrogens (tertiary/aromatic N) is 3. The molecule has 0 atom stereocenters. The van der Waals surface area contributed by atoms with Gasteiger partial charge in [0.2, 0.25) is 0 Å². The molecule has 0 unspecified atom stereocenters. The lowest BCUT2D eigenvalue weighted by Gasteiger charge is -2.37. The van der Waals surface area contributed by atoms with E-state index in [9.17, 15) is 4.79 Å². The minimum atomic E-state index is -0.137. The fraction of sp³-hybridized carbons (Fsp3) is 0.647. The monoisotopic (exact) mass is 480 g/mol. The van der Waals surface area contributed by atoms with Crippen molar-refractivity contribution in [3.8, 4) is 0 Å². The summed E-state index contributed by atoms with van der Waals surface area (Å²) in [5.74, 6) is 0.814. The first-order valence-corrected chi connectivity index (χ1v) is 9.60. The molecule has 0 aliphatic carbocycles. The van der Waals surface area contributed by atoms with Gasteiger partial charge in [0.05, 0.1) is 11.6 Å². The number of guanidine groups is 1. The van der Waals surface area contributed by atoms with E-state index >= 15 is 0 Å². The molecular weight excluding hydrogens is 451 g/mol. The molecule has 8 heteroatoms. The molecule has 0 saturated carbocycles. The standard InChI is InChI=1S/C17H28N4O2S.HI/c1-3-18-17(19-9-5-8-16(22)23-4-2)21-12-10-20(11-13-21)15-7-6-14-24-15;/h6-7,14H,3-5,8-13H2,1-2H3,(H,18,19);1H. The molecule has 0 aromatic carbocycles. The fourth-order valence-corrected chi connectivity index (χ4v) is 3.44. The second kappa shape index (κ2) is 12.3. The molecule has 1 saturated heterocycles.